The van der Waals surface area contributed by atoms with Crippen molar-refractivity contribution < 1.29 is 0 Å². The summed E-state index contributed by atoms with van der Waals surface area (Å²) in [4.78, 5) is 1.32. The minimum atomic E-state index is 0.724. The van der Waals surface area contributed by atoms with Crippen molar-refractivity contribution in [2.75, 3.05) is 24.7 Å². The van der Waals surface area contributed by atoms with Gasteiger partial charge in [-0.3, -0.25) is 0 Å². The molecule has 1 heterocycles. The first-order chi connectivity index (χ1) is 8.38. The molecule has 0 aliphatic carbocycles. The van der Waals surface area contributed by atoms with E-state index in [1.165, 1.54) is 42.8 Å². The Morgan fingerprint density at radius 1 is 1.29 bits per heavy atom. The van der Waals surface area contributed by atoms with Gasteiger partial charge in [-0.25, -0.2) is 0 Å². The van der Waals surface area contributed by atoms with Gasteiger partial charge in [-0.15, -0.1) is 11.8 Å². The summed E-state index contributed by atoms with van der Waals surface area (Å²) >= 11 is 1.79. The van der Waals surface area contributed by atoms with Gasteiger partial charge in [-0.05, 0) is 56.3 Å². The van der Waals surface area contributed by atoms with Gasteiger partial charge in [0.25, 0.3) is 0 Å². The fraction of sp³-hybridized carbons (Fsp3) is 0.571. The molecule has 0 amide bonds. The number of hydrogen-bond donors (Lipinski definition) is 2. The summed E-state index contributed by atoms with van der Waals surface area (Å²) in [6, 6.07) is 9.40. The van der Waals surface area contributed by atoms with Crippen LogP contribution in [0.3, 0.4) is 0 Å². The SMILES string of the molecule is CSc1ccc(NCCC2CCCCN2)cc1. The van der Waals surface area contributed by atoms with Crippen LogP contribution in [0.2, 0.25) is 0 Å². The first-order valence-electron chi connectivity index (χ1n) is 6.50. The molecule has 94 valence electrons. The van der Waals surface area contributed by atoms with Crippen LogP contribution in [-0.2, 0) is 0 Å². The summed E-state index contributed by atoms with van der Waals surface area (Å²) in [7, 11) is 0. The molecule has 0 bridgehead atoms. The Morgan fingerprint density at radius 3 is 2.76 bits per heavy atom. The first kappa shape index (κ1) is 12.8. The normalized spacial score (nSPS) is 20.2. The van der Waals surface area contributed by atoms with Crippen molar-refractivity contribution in [3.05, 3.63) is 24.3 Å². The highest BCUT2D eigenvalue weighted by Crippen LogP contribution is 2.17. The van der Waals surface area contributed by atoms with Crippen molar-refractivity contribution in [2.45, 2.75) is 36.6 Å². The third-order valence-corrected chi connectivity index (χ3v) is 4.07. The van der Waals surface area contributed by atoms with Gasteiger partial charge in [-0.2, -0.15) is 0 Å². The molecule has 2 N–H and O–H groups in total. The molecule has 0 saturated carbocycles. The quantitative estimate of drug-likeness (QED) is 0.784. The van der Waals surface area contributed by atoms with Crippen molar-refractivity contribution in [3.8, 4) is 0 Å². The second kappa shape index (κ2) is 6.92. The van der Waals surface area contributed by atoms with Crippen LogP contribution in [-0.4, -0.2) is 25.4 Å². The van der Waals surface area contributed by atoms with Crippen molar-refractivity contribution in [3.63, 3.8) is 0 Å². The Hall–Kier alpha value is -0.670. The molecule has 2 rings (SSSR count). The number of rotatable bonds is 5. The highest BCUT2D eigenvalue weighted by molar-refractivity contribution is 7.98. The lowest BCUT2D eigenvalue weighted by Crippen LogP contribution is -2.35. The standard InChI is InChI=1S/C14H22N2S/c1-17-14-7-5-13(6-8-14)16-11-9-12-4-2-3-10-15-12/h5-8,12,15-16H,2-4,9-11H2,1H3. The molecular weight excluding hydrogens is 228 g/mol. The Kier molecular flexibility index (Phi) is 5.20. The summed E-state index contributed by atoms with van der Waals surface area (Å²) in [6.07, 6.45) is 7.41. The maximum atomic E-state index is 3.58. The molecule has 17 heavy (non-hydrogen) atoms. The molecule has 1 aliphatic heterocycles. The Bertz CT molecular complexity index is 317. The predicted molar refractivity (Wildman–Crippen MR) is 77.0 cm³/mol. The summed E-state index contributed by atoms with van der Waals surface area (Å²) < 4.78 is 0. The molecular formula is C14H22N2S. The van der Waals surface area contributed by atoms with Gasteiger partial charge in [0.15, 0.2) is 0 Å². The molecule has 1 saturated heterocycles. The number of nitrogens with one attached hydrogen (secondary N) is 2. The Labute approximate surface area is 109 Å². The molecule has 1 fully saturated rings. The highest BCUT2D eigenvalue weighted by Gasteiger charge is 2.11. The van der Waals surface area contributed by atoms with Crippen molar-refractivity contribution in [1.29, 1.82) is 0 Å². The van der Waals surface area contributed by atoms with E-state index in [0.717, 1.165) is 12.6 Å². The Balaban J connectivity index is 1.69. The van der Waals surface area contributed by atoms with E-state index >= 15 is 0 Å². The average molecular weight is 250 g/mol. The number of thioether (sulfide) groups is 1. The summed E-state index contributed by atoms with van der Waals surface area (Å²) in [5.41, 5.74) is 1.23. The van der Waals surface area contributed by atoms with Gasteiger partial charge in [0, 0.05) is 23.2 Å². The minimum absolute atomic E-state index is 0.724. The molecule has 1 unspecified atom stereocenters. The molecule has 1 aromatic carbocycles. The minimum Gasteiger partial charge on any atom is -0.385 e. The number of piperidine rings is 1. The first-order valence-corrected chi connectivity index (χ1v) is 7.72. The molecule has 1 aliphatic rings. The van der Waals surface area contributed by atoms with E-state index in [1.807, 2.05) is 0 Å². The van der Waals surface area contributed by atoms with Gasteiger partial charge >= 0.3 is 0 Å². The van der Waals surface area contributed by atoms with E-state index in [-0.39, 0.29) is 0 Å². The number of benzene rings is 1. The molecule has 0 aromatic heterocycles. The third kappa shape index (κ3) is 4.25. The molecule has 0 radical (unpaired) electrons. The zero-order chi connectivity index (χ0) is 11.9. The lowest BCUT2D eigenvalue weighted by molar-refractivity contribution is 0.389. The monoisotopic (exact) mass is 250 g/mol. The fourth-order valence-corrected chi connectivity index (χ4v) is 2.68. The molecule has 2 nitrogen and oxygen atoms in total. The zero-order valence-electron chi connectivity index (χ0n) is 10.5. The van der Waals surface area contributed by atoms with Crippen molar-refractivity contribution >= 4 is 17.4 Å². The number of hydrogen-bond acceptors (Lipinski definition) is 3. The maximum Gasteiger partial charge on any atom is 0.0340 e. The second-order valence-corrected chi connectivity index (χ2v) is 5.47. The van der Waals surface area contributed by atoms with Gasteiger partial charge in [-0.1, -0.05) is 6.42 Å². The van der Waals surface area contributed by atoms with Gasteiger partial charge < -0.3 is 10.6 Å². The van der Waals surface area contributed by atoms with Gasteiger partial charge in [0.2, 0.25) is 0 Å². The summed E-state index contributed by atoms with van der Waals surface area (Å²) in [6.45, 7) is 2.27. The van der Waals surface area contributed by atoms with Crippen LogP contribution < -0.4 is 10.6 Å². The van der Waals surface area contributed by atoms with E-state index in [4.69, 9.17) is 0 Å². The van der Waals surface area contributed by atoms with Crippen LogP contribution in [0.1, 0.15) is 25.7 Å². The van der Waals surface area contributed by atoms with Crippen LogP contribution in [0.25, 0.3) is 0 Å². The van der Waals surface area contributed by atoms with Gasteiger partial charge in [0.05, 0.1) is 0 Å². The van der Waals surface area contributed by atoms with Crippen molar-refractivity contribution in [2.24, 2.45) is 0 Å². The topological polar surface area (TPSA) is 24.1 Å². The third-order valence-electron chi connectivity index (χ3n) is 3.32. The lowest BCUT2D eigenvalue weighted by atomic mass is 10.0. The fourth-order valence-electron chi connectivity index (χ4n) is 2.27. The molecule has 3 heteroatoms. The van der Waals surface area contributed by atoms with E-state index in [1.54, 1.807) is 11.8 Å². The van der Waals surface area contributed by atoms with E-state index in [0.29, 0.717) is 0 Å². The van der Waals surface area contributed by atoms with E-state index in [2.05, 4.69) is 41.2 Å². The highest BCUT2D eigenvalue weighted by atomic mass is 32.2. The van der Waals surface area contributed by atoms with Gasteiger partial charge in [0.1, 0.15) is 0 Å². The van der Waals surface area contributed by atoms with Crippen LogP contribution in [0, 0.1) is 0 Å². The smallest absolute Gasteiger partial charge is 0.0340 e. The predicted octanol–water partition coefficient (Wildman–Crippen LogP) is 3.35. The van der Waals surface area contributed by atoms with Crippen LogP contribution >= 0.6 is 11.8 Å². The zero-order valence-corrected chi connectivity index (χ0v) is 11.4. The van der Waals surface area contributed by atoms with Crippen LogP contribution in [0.15, 0.2) is 29.2 Å². The second-order valence-electron chi connectivity index (χ2n) is 4.59. The van der Waals surface area contributed by atoms with Crippen LogP contribution in [0.4, 0.5) is 5.69 Å². The maximum absolute atomic E-state index is 3.58. The molecule has 1 atom stereocenters. The lowest BCUT2D eigenvalue weighted by Gasteiger charge is -2.23. The molecule has 1 aromatic rings. The van der Waals surface area contributed by atoms with Crippen LogP contribution in [0.5, 0.6) is 0 Å². The number of anilines is 1. The van der Waals surface area contributed by atoms with E-state index < -0.39 is 0 Å². The molecule has 0 spiro atoms. The Morgan fingerprint density at radius 2 is 2.12 bits per heavy atom. The summed E-state index contributed by atoms with van der Waals surface area (Å²) in [5, 5.41) is 7.07. The summed E-state index contributed by atoms with van der Waals surface area (Å²) in [5.74, 6) is 0. The average Bonchev–Trinajstić information content (AvgIpc) is 2.41. The largest absolute Gasteiger partial charge is 0.385 e. The van der Waals surface area contributed by atoms with Crippen molar-refractivity contribution in [1.82, 2.24) is 5.32 Å². The van der Waals surface area contributed by atoms with E-state index in [9.17, 15) is 0 Å².